The molecular weight excluding hydrogens is 1690 g/mol. The highest BCUT2D eigenvalue weighted by molar-refractivity contribution is 5.04. The number of piperidine rings is 2. The van der Waals surface area contributed by atoms with Crippen molar-refractivity contribution in [3.63, 3.8) is 0 Å². The normalized spacial score (nSPS) is 30.0. The Bertz CT molecular complexity index is 3330. The van der Waals surface area contributed by atoms with E-state index in [0.717, 1.165) is 128 Å². The second-order valence-corrected chi connectivity index (χ2v) is 62.2. The van der Waals surface area contributed by atoms with Crippen LogP contribution in [0.3, 0.4) is 0 Å². The number of nitrogens with zero attached hydrogens (tertiary/aromatic N) is 22. The summed E-state index contributed by atoms with van der Waals surface area (Å²) in [7, 11) is 0. The average Bonchev–Trinajstić information content (AvgIpc) is 1.55. The van der Waals surface area contributed by atoms with Crippen molar-refractivity contribution >= 4 is 0 Å². The lowest BCUT2D eigenvalue weighted by Crippen LogP contribution is -2.74. The third kappa shape index (κ3) is 33.8. The van der Waals surface area contributed by atoms with Crippen LogP contribution in [0.15, 0.2) is 0 Å². The largest absolute Gasteiger partial charge is 0.287 e. The van der Waals surface area contributed by atoms with Crippen molar-refractivity contribution < 1.29 is 0 Å². The van der Waals surface area contributed by atoms with E-state index in [1.54, 1.807) is 0 Å². The van der Waals surface area contributed by atoms with Crippen LogP contribution in [0, 0.1) is 22.7 Å². The van der Waals surface area contributed by atoms with Gasteiger partial charge in [0.25, 0.3) is 0 Å². The van der Waals surface area contributed by atoms with Crippen molar-refractivity contribution in [3.8, 4) is 0 Å². The summed E-state index contributed by atoms with van der Waals surface area (Å²) in [6.07, 6.45) is 19.1. The predicted molar refractivity (Wildman–Crippen MR) is 589 cm³/mol. The van der Waals surface area contributed by atoms with Gasteiger partial charge in [-0.2, -0.15) is 0 Å². The van der Waals surface area contributed by atoms with Crippen molar-refractivity contribution in [3.05, 3.63) is 0 Å². The summed E-state index contributed by atoms with van der Waals surface area (Å²) in [6, 6.07) is 4.85. The summed E-state index contributed by atoms with van der Waals surface area (Å²) in [5, 5.41) is 0. The first kappa shape index (κ1) is 120. The maximum Gasteiger partial charge on any atom is 0.0790 e. The molecule has 22 heteroatoms. The molecule has 0 aliphatic carbocycles. The monoisotopic (exact) mass is 1930 g/mol. The summed E-state index contributed by atoms with van der Waals surface area (Å²) < 4.78 is 0. The highest BCUT2D eigenvalue weighted by Crippen LogP contribution is 2.44. The predicted octanol–water partition coefficient (Wildman–Crippen LogP) is 20.6. The van der Waals surface area contributed by atoms with Crippen LogP contribution < -0.4 is 0 Å². The Kier molecular flexibility index (Phi) is 39.4. The molecule has 0 aromatic rings. The van der Waals surface area contributed by atoms with Crippen LogP contribution in [0.2, 0.25) is 0 Å². The molecule has 0 bridgehead atoms. The Morgan fingerprint density at radius 2 is 0.343 bits per heavy atom. The van der Waals surface area contributed by atoms with E-state index in [2.05, 4.69) is 440 Å². The molecule has 0 N–H and O–H groups in total. The molecule has 0 saturated carbocycles. The lowest BCUT2D eigenvalue weighted by Gasteiger charge is -2.61. The Morgan fingerprint density at radius 3 is 0.642 bits per heavy atom. The van der Waals surface area contributed by atoms with E-state index >= 15 is 0 Å². The van der Waals surface area contributed by atoms with Crippen LogP contribution in [0.25, 0.3) is 0 Å². The zero-order valence-electron chi connectivity index (χ0n) is 101. The lowest BCUT2D eigenvalue weighted by molar-refractivity contribution is -0.205. The van der Waals surface area contributed by atoms with Gasteiger partial charge < -0.3 is 0 Å². The number of fused-ring (bicyclic) bond motifs is 8. The zero-order chi connectivity index (χ0) is 103. The van der Waals surface area contributed by atoms with Crippen LogP contribution in [0.4, 0.5) is 0 Å². The van der Waals surface area contributed by atoms with E-state index in [-0.39, 0.29) is 0 Å². The molecule has 16 aliphatic heterocycles. The summed E-state index contributed by atoms with van der Waals surface area (Å²) in [4.78, 5) is 58.0. The third-order valence-electron chi connectivity index (χ3n) is 35.3. The van der Waals surface area contributed by atoms with Crippen molar-refractivity contribution in [1.82, 2.24) is 108 Å². The lowest BCUT2D eigenvalue weighted by atomic mass is 9.74. The molecule has 0 radical (unpaired) electrons. The van der Waals surface area contributed by atoms with E-state index in [4.69, 9.17) is 0 Å². The molecule has 16 fully saturated rings. The fourth-order valence-corrected chi connectivity index (χ4v) is 23.8. The highest BCUT2D eigenvalue weighted by atomic mass is 15.6. The Balaban J connectivity index is 0.000000176. The summed E-state index contributed by atoms with van der Waals surface area (Å²) >= 11 is 0. The summed E-state index contributed by atoms with van der Waals surface area (Å²) in [5.41, 5.74) is 5.26. The standard InChI is InChI=1S/2C16H33N3.C16H32N2.C15H30N2.C14H29N3.2C13H27N3.C12H25N3/c2*1-15(2,3)18-10-7-8-14-9-11-19(16(4,5)6)13-17(14)12-18;1-15(2,3)13-7-8-14-9-10-18(16(4,5)6)12-17(14)11-13;1-14(2,3)12-7-8-13-10-17(15(4,5)6)11-16(13)9-12;1-13(2,3)16-8-7-12-9-17(14(4,5)6)11-15(12)10-16;1-12(2,3)15-7-11-8-16(13(4,5)6)10-14(11)9-15;1-12(2,3)15-8-7-11-14(9-15)10-16(11)13(4,5)6;1-11(2,3)14-7-10-13(8-14)9-15(10)12(4,5)6/h2*14H,7-13H2,1-6H3;13-14H,7-12H2,1-6H3;12-13H,7-11H2,1-6H3;12H,7-11H2,1-6H3;2*11H,7-10H2,1-6H3;10H,7-9H2,1-6H3. The average molecular weight is 1930 g/mol. The highest BCUT2D eigenvalue weighted by Gasteiger charge is 2.53. The van der Waals surface area contributed by atoms with Crippen LogP contribution in [0.5, 0.6) is 0 Å². The minimum absolute atomic E-state index is 0.291. The van der Waals surface area contributed by atoms with Gasteiger partial charge in [-0.25, -0.2) is 0 Å². The first-order chi connectivity index (χ1) is 61.9. The molecule has 16 aliphatic rings. The third-order valence-corrected chi connectivity index (χ3v) is 35.3. The van der Waals surface area contributed by atoms with Gasteiger partial charge in [0.15, 0.2) is 0 Å². The van der Waals surface area contributed by atoms with Gasteiger partial charge in [0.1, 0.15) is 0 Å². The Hall–Kier alpha value is -0.880. The van der Waals surface area contributed by atoms with Crippen molar-refractivity contribution in [1.29, 1.82) is 0 Å². The van der Waals surface area contributed by atoms with E-state index in [9.17, 15) is 0 Å². The van der Waals surface area contributed by atoms with Gasteiger partial charge >= 0.3 is 0 Å². The second-order valence-electron chi connectivity index (χ2n) is 62.2. The fourth-order valence-electron chi connectivity index (χ4n) is 23.8. The SMILES string of the molecule is CC(C)(C)C1CCC2CCN(C(C)(C)C)CN2C1.CC(C)(C)C1CCC2CN(C(C)(C)C)CN2C1.CC(C)(C)N1CC2CN(C(C)(C)C)CN2C1.CC(C)(C)N1CC2N(C1)CN2C(C)(C)C.CC(C)(C)N1CCC2CN(C(C)(C)C)CN2C1.CC(C)(C)N1CCC2N(C1)CN2C(C)(C)C.CC(C)(C)N1CCCC2CCN(C(C)(C)C)CN2C1.CC(C)(C)N1CCCC2CCN(C(C)(C)C)CN2C1. The van der Waals surface area contributed by atoms with Gasteiger partial charge in [0.05, 0.1) is 106 Å². The number of hydrogen-bond acceptors (Lipinski definition) is 22. The first-order valence-electron chi connectivity index (χ1n) is 56.4. The molecule has 0 amide bonds. The van der Waals surface area contributed by atoms with E-state index in [1.165, 1.54) is 188 Å². The molecule has 9 atom stereocenters. The number of hydrogen-bond donors (Lipinski definition) is 0. The van der Waals surface area contributed by atoms with Gasteiger partial charge in [0, 0.05) is 192 Å². The molecule has 137 heavy (non-hydrogen) atoms. The van der Waals surface area contributed by atoms with Gasteiger partial charge in [-0.1, -0.05) is 41.5 Å². The molecule has 16 heterocycles. The smallest absolute Gasteiger partial charge is 0.0790 e. The van der Waals surface area contributed by atoms with E-state index in [0.29, 0.717) is 101 Å². The Morgan fingerprint density at radius 1 is 0.139 bits per heavy atom. The first-order valence-corrected chi connectivity index (χ1v) is 56.4. The molecule has 806 valence electrons. The molecule has 0 aromatic heterocycles. The van der Waals surface area contributed by atoms with Gasteiger partial charge in [-0.15, -0.1) is 0 Å². The molecular formula is C115H236N22. The molecule has 9 unspecified atom stereocenters. The van der Waals surface area contributed by atoms with Crippen molar-refractivity contribution in [2.24, 2.45) is 22.7 Å². The van der Waals surface area contributed by atoms with Crippen molar-refractivity contribution in [2.75, 3.05) is 185 Å². The molecule has 16 rings (SSSR count). The maximum atomic E-state index is 2.76. The van der Waals surface area contributed by atoms with Gasteiger partial charge in [-0.05, 0) is 410 Å². The quantitative estimate of drug-likeness (QED) is 0.231. The topological polar surface area (TPSA) is 71.3 Å². The van der Waals surface area contributed by atoms with Crippen LogP contribution >= 0.6 is 0 Å². The van der Waals surface area contributed by atoms with Crippen LogP contribution in [-0.2, 0) is 0 Å². The van der Waals surface area contributed by atoms with Gasteiger partial charge in [-0.3, -0.25) is 108 Å². The number of rotatable bonds is 0. The molecule has 22 nitrogen and oxygen atoms in total. The van der Waals surface area contributed by atoms with Gasteiger partial charge in [0.2, 0.25) is 0 Å². The molecule has 0 aromatic carbocycles. The van der Waals surface area contributed by atoms with E-state index < -0.39 is 0 Å². The summed E-state index contributed by atoms with van der Waals surface area (Å²) in [6.45, 7) is 146. The second kappa shape index (κ2) is 45.1. The molecule has 16 saturated heterocycles. The minimum atomic E-state index is 0.291. The molecule has 0 spiro atoms. The van der Waals surface area contributed by atoms with Crippen LogP contribution in [-0.4, -0.2) is 419 Å². The zero-order valence-corrected chi connectivity index (χ0v) is 101. The minimum Gasteiger partial charge on any atom is -0.287 e. The summed E-state index contributed by atoms with van der Waals surface area (Å²) in [5.74, 6) is 1.74. The maximum absolute atomic E-state index is 2.76. The van der Waals surface area contributed by atoms with Crippen LogP contribution in [0.1, 0.15) is 416 Å². The fraction of sp³-hybridized carbons (Fsp3) is 1.00. The Labute approximate surface area is 852 Å². The van der Waals surface area contributed by atoms with Crippen molar-refractivity contribution in [2.45, 2.75) is 542 Å². The van der Waals surface area contributed by atoms with E-state index in [1.807, 2.05) is 0 Å².